The van der Waals surface area contributed by atoms with Gasteiger partial charge in [0.25, 0.3) is 0 Å². The molecule has 0 saturated heterocycles. The minimum absolute atomic E-state index is 0.107. The Morgan fingerprint density at radius 3 is 2.79 bits per heavy atom. The third-order valence-electron chi connectivity index (χ3n) is 3.08. The molecule has 19 heavy (non-hydrogen) atoms. The summed E-state index contributed by atoms with van der Waals surface area (Å²) in [6.45, 7) is 0.409. The maximum atomic E-state index is 11.5. The fourth-order valence-electron chi connectivity index (χ4n) is 1.81. The van der Waals surface area contributed by atoms with E-state index in [0.29, 0.717) is 17.3 Å². The van der Waals surface area contributed by atoms with Crippen LogP contribution in [-0.4, -0.2) is 11.1 Å². The highest BCUT2D eigenvalue weighted by molar-refractivity contribution is 6.30. The summed E-state index contributed by atoms with van der Waals surface area (Å²) in [6, 6.07) is 9.17. The zero-order valence-electron chi connectivity index (χ0n) is 10.2. The molecule has 1 heterocycles. The van der Waals surface area contributed by atoms with Crippen molar-refractivity contribution in [3.63, 3.8) is 0 Å². The van der Waals surface area contributed by atoms with E-state index in [-0.39, 0.29) is 11.8 Å². The van der Waals surface area contributed by atoms with E-state index in [2.05, 4.69) is 10.5 Å². The number of amides is 1. The average molecular weight is 277 g/mol. The molecule has 1 fully saturated rings. The molecule has 3 rings (SSSR count). The van der Waals surface area contributed by atoms with Crippen LogP contribution in [0.5, 0.6) is 0 Å². The molecule has 2 aromatic rings. The Hall–Kier alpha value is -1.81. The summed E-state index contributed by atoms with van der Waals surface area (Å²) in [5.41, 5.74) is 1.63. The lowest BCUT2D eigenvalue weighted by Crippen LogP contribution is -2.24. The van der Waals surface area contributed by atoms with E-state index in [1.165, 1.54) is 0 Å². The Balaban J connectivity index is 1.65. The summed E-state index contributed by atoms with van der Waals surface area (Å²) in [7, 11) is 0. The van der Waals surface area contributed by atoms with Gasteiger partial charge in [0.1, 0.15) is 5.69 Å². The molecule has 1 saturated carbocycles. The first kappa shape index (κ1) is 12.2. The molecule has 5 heteroatoms. The first-order chi connectivity index (χ1) is 9.22. The molecule has 98 valence electrons. The smallest absolute Gasteiger partial charge is 0.223 e. The van der Waals surface area contributed by atoms with Crippen molar-refractivity contribution < 1.29 is 9.32 Å². The Morgan fingerprint density at radius 1 is 1.37 bits per heavy atom. The van der Waals surface area contributed by atoms with Gasteiger partial charge in [0.05, 0.1) is 6.54 Å². The Bertz CT molecular complexity index is 588. The number of hydrogen-bond acceptors (Lipinski definition) is 3. The maximum absolute atomic E-state index is 11.5. The fourth-order valence-corrected chi connectivity index (χ4v) is 1.94. The second kappa shape index (κ2) is 5.05. The summed E-state index contributed by atoms with van der Waals surface area (Å²) in [5, 5.41) is 7.48. The van der Waals surface area contributed by atoms with Crippen LogP contribution < -0.4 is 5.32 Å². The van der Waals surface area contributed by atoms with E-state index >= 15 is 0 Å². The van der Waals surface area contributed by atoms with Crippen LogP contribution in [-0.2, 0) is 11.3 Å². The first-order valence-electron chi connectivity index (χ1n) is 6.21. The number of aromatic nitrogens is 1. The van der Waals surface area contributed by atoms with Crippen LogP contribution in [0.3, 0.4) is 0 Å². The number of hydrogen-bond donors (Lipinski definition) is 1. The summed E-state index contributed by atoms with van der Waals surface area (Å²) in [5.74, 6) is 0.992. The Labute approximate surface area is 115 Å². The number of rotatable bonds is 4. The third kappa shape index (κ3) is 2.96. The molecule has 0 unspecified atom stereocenters. The molecule has 0 spiro atoms. The monoisotopic (exact) mass is 276 g/mol. The predicted octanol–water partition coefficient (Wildman–Crippen LogP) is 3.02. The van der Waals surface area contributed by atoms with Crippen LogP contribution in [0.2, 0.25) is 5.02 Å². The van der Waals surface area contributed by atoms with E-state index in [9.17, 15) is 4.79 Å². The van der Waals surface area contributed by atoms with Crippen molar-refractivity contribution in [1.29, 1.82) is 0 Å². The second-order valence-corrected chi connectivity index (χ2v) is 5.12. The standard InChI is InChI=1S/C14H13ClN2O2/c15-11-5-3-9(4-6-11)13-7-12(17-19-13)8-16-14(18)10-1-2-10/h3-7,10H,1-2,8H2,(H,16,18). The van der Waals surface area contributed by atoms with Crippen LogP contribution in [0.4, 0.5) is 0 Å². The molecule has 0 radical (unpaired) electrons. The molecule has 0 aliphatic heterocycles. The lowest BCUT2D eigenvalue weighted by molar-refractivity contribution is -0.122. The highest BCUT2D eigenvalue weighted by Crippen LogP contribution is 2.29. The lowest BCUT2D eigenvalue weighted by atomic mass is 10.1. The maximum Gasteiger partial charge on any atom is 0.223 e. The molecule has 0 bridgehead atoms. The zero-order valence-corrected chi connectivity index (χ0v) is 11.0. The Morgan fingerprint density at radius 2 is 2.11 bits per heavy atom. The largest absolute Gasteiger partial charge is 0.356 e. The summed E-state index contributed by atoms with van der Waals surface area (Å²) < 4.78 is 5.25. The van der Waals surface area contributed by atoms with Crippen LogP contribution in [0.25, 0.3) is 11.3 Å². The lowest BCUT2D eigenvalue weighted by Gasteiger charge is -1.99. The Kier molecular flexibility index (Phi) is 3.25. The molecular weight excluding hydrogens is 264 g/mol. The summed E-state index contributed by atoms with van der Waals surface area (Å²) >= 11 is 5.83. The van der Waals surface area contributed by atoms with Gasteiger partial charge in [0, 0.05) is 22.6 Å². The number of halogens is 1. The molecule has 4 nitrogen and oxygen atoms in total. The minimum atomic E-state index is 0.107. The summed E-state index contributed by atoms with van der Waals surface area (Å²) in [4.78, 5) is 11.5. The molecule has 1 amide bonds. The highest BCUT2D eigenvalue weighted by atomic mass is 35.5. The fraction of sp³-hybridized carbons (Fsp3) is 0.286. The number of carbonyl (C=O) groups is 1. The number of carbonyl (C=O) groups excluding carboxylic acids is 1. The van der Waals surface area contributed by atoms with Gasteiger partial charge in [0.2, 0.25) is 5.91 Å². The van der Waals surface area contributed by atoms with Crippen molar-refractivity contribution in [2.45, 2.75) is 19.4 Å². The second-order valence-electron chi connectivity index (χ2n) is 4.68. The zero-order chi connectivity index (χ0) is 13.2. The van der Waals surface area contributed by atoms with E-state index < -0.39 is 0 Å². The third-order valence-corrected chi connectivity index (χ3v) is 3.33. The number of benzene rings is 1. The normalized spacial score (nSPS) is 14.4. The van der Waals surface area contributed by atoms with Crippen LogP contribution in [0.15, 0.2) is 34.9 Å². The van der Waals surface area contributed by atoms with Crippen molar-refractivity contribution in [3.8, 4) is 11.3 Å². The molecular formula is C14H13ClN2O2. The van der Waals surface area contributed by atoms with E-state index in [0.717, 1.165) is 24.1 Å². The van der Waals surface area contributed by atoms with E-state index in [1.54, 1.807) is 12.1 Å². The molecule has 1 N–H and O–H groups in total. The van der Waals surface area contributed by atoms with Crippen LogP contribution in [0, 0.1) is 5.92 Å². The van der Waals surface area contributed by atoms with Gasteiger partial charge >= 0.3 is 0 Å². The van der Waals surface area contributed by atoms with Crippen LogP contribution >= 0.6 is 11.6 Å². The van der Waals surface area contributed by atoms with E-state index in [1.807, 2.05) is 18.2 Å². The molecule has 1 aromatic carbocycles. The van der Waals surface area contributed by atoms with Crippen molar-refractivity contribution in [2.75, 3.05) is 0 Å². The molecule has 1 aromatic heterocycles. The molecule has 0 atom stereocenters. The van der Waals surface area contributed by atoms with Gasteiger partial charge in [-0.2, -0.15) is 0 Å². The van der Waals surface area contributed by atoms with Crippen molar-refractivity contribution >= 4 is 17.5 Å². The van der Waals surface area contributed by atoms with Gasteiger partial charge in [-0.3, -0.25) is 4.79 Å². The van der Waals surface area contributed by atoms with Gasteiger partial charge < -0.3 is 9.84 Å². The predicted molar refractivity (Wildman–Crippen MR) is 71.5 cm³/mol. The highest BCUT2D eigenvalue weighted by Gasteiger charge is 2.29. The average Bonchev–Trinajstić information content (AvgIpc) is 3.16. The quantitative estimate of drug-likeness (QED) is 0.934. The van der Waals surface area contributed by atoms with Crippen molar-refractivity contribution in [1.82, 2.24) is 10.5 Å². The van der Waals surface area contributed by atoms with E-state index in [4.69, 9.17) is 16.1 Å². The van der Waals surface area contributed by atoms with Gasteiger partial charge in [-0.15, -0.1) is 0 Å². The topological polar surface area (TPSA) is 55.1 Å². The first-order valence-corrected chi connectivity index (χ1v) is 6.59. The van der Waals surface area contributed by atoms with Crippen molar-refractivity contribution in [2.24, 2.45) is 5.92 Å². The van der Waals surface area contributed by atoms with Crippen LogP contribution in [0.1, 0.15) is 18.5 Å². The van der Waals surface area contributed by atoms with Gasteiger partial charge in [-0.25, -0.2) is 0 Å². The number of nitrogens with zero attached hydrogens (tertiary/aromatic N) is 1. The molecule has 1 aliphatic rings. The van der Waals surface area contributed by atoms with Crippen molar-refractivity contribution in [3.05, 3.63) is 41.0 Å². The summed E-state index contributed by atoms with van der Waals surface area (Å²) in [6.07, 6.45) is 2.00. The van der Waals surface area contributed by atoms with Gasteiger partial charge in [-0.05, 0) is 37.1 Å². The molecule has 1 aliphatic carbocycles. The van der Waals surface area contributed by atoms with Gasteiger partial charge in [-0.1, -0.05) is 16.8 Å². The SMILES string of the molecule is O=C(NCc1cc(-c2ccc(Cl)cc2)on1)C1CC1. The minimum Gasteiger partial charge on any atom is -0.356 e. The number of nitrogens with one attached hydrogen (secondary N) is 1. The van der Waals surface area contributed by atoms with Gasteiger partial charge in [0.15, 0.2) is 5.76 Å².